The summed E-state index contributed by atoms with van der Waals surface area (Å²) in [6.07, 6.45) is 0. The molecule has 2 aromatic heterocycles. The van der Waals surface area contributed by atoms with Gasteiger partial charge in [0.15, 0.2) is 10.7 Å². The molecule has 6 nitrogen and oxygen atoms in total. The average molecular weight is 446 g/mol. The molecular formula is C20H16ClN3O3S2. The van der Waals surface area contributed by atoms with E-state index in [2.05, 4.69) is 9.97 Å². The first-order valence-corrected chi connectivity index (χ1v) is 10.9. The monoisotopic (exact) mass is 445 g/mol. The lowest BCUT2D eigenvalue weighted by Gasteiger charge is -2.20. The van der Waals surface area contributed by atoms with Gasteiger partial charge in [0.25, 0.3) is 5.22 Å². The molecule has 0 radical (unpaired) electrons. The molecule has 0 spiro atoms. The van der Waals surface area contributed by atoms with E-state index in [1.165, 1.54) is 30.0 Å². The van der Waals surface area contributed by atoms with E-state index in [9.17, 15) is 4.79 Å². The highest BCUT2D eigenvalue weighted by molar-refractivity contribution is 7.98. The van der Waals surface area contributed by atoms with E-state index in [1.807, 2.05) is 35.7 Å². The van der Waals surface area contributed by atoms with E-state index in [4.69, 9.17) is 20.8 Å². The van der Waals surface area contributed by atoms with E-state index in [0.717, 1.165) is 11.2 Å². The second-order valence-electron chi connectivity index (χ2n) is 6.03. The molecule has 2 heterocycles. The number of carbonyl (C=O) groups excluding carboxylic acids is 1. The summed E-state index contributed by atoms with van der Waals surface area (Å²) in [6.45, 7) is 1.51. The zero-order chi connectivity index (χ0) is 20.4. The van der Waals surface area contributed by atoms with Crippen LogP contribution in [0.25, 0.3) is 11.1 Å². The predicted molar refractivity (Wildman–Crippen MR) is 117 cm³/mol. The summed E-state index contributed by atoms with van der Waals surface area (Å²) in [5, 5.41) is 3.66. The van der Waals surface area contributed by atoms with Gasteiger partial charge in [0.1, 0.15) is 11.3 Å². The van der Waals surface area contributed by atoms with Crippen LogP contribution >= 0.6 is 34.7 Å². The van der Waals surface area contributed by atoms with E-state index < -0.39 is 0 Å². The summed E-state index contributed by atoms with van der Waals surface area (Å²) in [6, 6.07) is 12.7. The predicted octanol–water partition coefficient (Wildman–Crippen LogP) is 5.92. The summed E-state index contributed by atoms with van der Waals surface area (Å²) in [5.74, 6) is 1.03. The van der Waals surface area contributed by atoms with Crippen molar-refractivity contribution < 1.29 is 13.9 Å². The average Bonchev–Trinajstić information content (AvgIpc) is 3.33. The van der Waals surface area contributed by atoms with Crippen LogP contribution in [0.5, 0.6) is 5.75 Å². The van der Waals surface area contributed by atoms with E-state index >= 15 is 0 Å². The number of oxazole rings is 1. The van der Waals surface area contributed by atoms with Crippen LogP contribution in [0.4, 0.5) is 10.8 Å². The first-order valence-electron chi connectivity index (χ1n) is 8.62. The first-order chi connectivity index (χ1) is 14.0. The standard InChI is InChI=1S/C20H16ClN3O3S2/c1-12(25)24(16-5-3-4-6-17(16)26-2)19-22-14(10-28-19)11-29-20-23-15-8-7-13(21)9-18(15)27-20/h3-10H,11H2,1-2H3. The van der Waals surface area contributed by atoms with Crippen molar-refractivity contribution in [3.8, 4) is 5.75 Å². The largest absolute Gasteiger partial charge is 0.495 e. The molecule has 0 atom stereocenters. The van der Waals surface area contributed by atoms with Crippen molar-refractivity contribution in [3.05, 3.63) is 58.6 Å². The molecule has 0 saturated heterocycles. The second-order valence-corrected chi connectivity index (χ2v) is 8.23. The van der Waals surface area contributed by atoms with Gasteiger partial charge in [-0.1, -0.05) is 35.5 Å². The van der Waals surface area contributed by atoms with Gasteiger partial charge >= 0.3 is 0 Å². The number of halogens is 1. The number of hydrogen-bond acceptors (Lipinski definition) is 7. The molecule has 0 aliphatic carbocycles. The molecule has 0 aliphatic heterocycles. The topological polar surface area (TPSA) is 68.5 Å². The van der Waals surface area contributed by atoms with Gasteiger partial charge in [0.2, 0.25) is 5.91 Å². The van der Waals surface area contributed by atoms with Crippen molar-refractivity contribution >= 4 is 62.5 Å². The molecule has 2 aromatic carbocycles. The molecule has 4 aromatic rings. The number of thioether (sulfide) groups is 1. The third-order valence-corrected chi connectivity index (χ3v) is 6.02. The Morgan fingerprint density at radius 1 is 1.28 bits per heavy atom. The Balaban J connectivity index is 1.53. The lowest BCUT2D eigenvalue weighted by atomic mass is 10.2. The third kappa shape index (κ3) is 4.24. The van der Waals surface area contributed by atoms with Gasteiger partial charge in [-0.05, 0) is 24.3 Å². The fourth-order valence-corrected chi connectivity index (χ4v) is 4.64. The van der Waals surface area contributed by atoms with E-state index in [0.29, 0.717) is 38.1 Å². The number of amides is 1. The Hall–Kier alpha value is -2.55. The number of benzene rings is 2. The number of para-hydroxylation sites is 2. The number of ether oxygens (including phenoxy) is 1. The highest BCUT2D eigenvalue weighted by atomic mass is 35.5. The quantitative estimate of drug-likeness (QED) is 0.343. The number of hydrogen-bond donors (Lipinski definition) is 0. The summed E-state index contributed by atoms with van der Waals surface area (Å²) in [5.41, 5.74) is 2.90. The molecule has 1 amide bonds. The molecule has 0 N–H and O–H groups in total. The number of anilines is 2. The maximum Gasteiger partial charge on any atom is 0.257 e. The number of methoxy groups -OCH3 is 1. The van der Waals surface area contributed by atoms with Crippen LogP contribution in [0.2, 0.25) is 5.02 Å². The Kier molecular flexibility index (Phi) is 5.75. The molecule has 0 aliphatic rings. The van der Waals surface area contributed by atoms with Gasteiger partial charge in [-0.3, -0.25) is 9.69 Å². The number of aromatic nitrogens is 2. The summed E-state index contributed by atoms with van der Waals surface area (Å²) in [7, 11) is 1.58. The number of carbonyl (C=O) groups is 1. The molecule has 29 heavy (non-hydrogen) atoms. The summed E-state index contributed by atoms with van der Waals surface area (Å²) in [4.78, 5) is 22.9. The molecule has 0 unspecified atom stereocenters. The van der Waals surface area contributed by atoms with Crippen molar-refractivity contribution in [3.63, 3.8) is 0 Å². The Bertz CT molecular complexity index is 1170. The van der Waals surface area contributed by atoms with Gasteiger partial charge in [0, 0.05) is 29.1 Å². The van der Waals surface area contributed by atoms with Crippen LogP contribution < -0.4 is 9.64 Å². The van der Waals surface area contributed by atoms with Crippen molar-refractivity contribution in [1.82, 2.24) is 9.97 Å². The lowest BCUT2D eigenvalue weighted by molar-refractivity contribution is -0.115. The van der Waals surface area contributed by atoms with Gasteiger partial charge in [-0.25, -0.2) is 9.97 Å². The summed E-state index contributed by atoms with van der Waals surface area (Å²) >= 11 is 8.82. The van der Waals surface area contributed by atoms with Crippen LogP contribution in [0.3, 0.4) is 0 Å². The highest BCUT2D eigenvalue weighted by Crippen LogP contribution is 2.36. The van der Waals surface area contributed by atoms with Crippen molar-refractivity contribution in [2.75, 3.05) is 12.0 Å². The van der Waals surface area contributed by atoms with E-state index in [-0.39, 0.29) is 5.91 Å². The molecular weight excluding hydrogens is 430 g/mol. The first kappa shape index (κ1) is 19.8. The van der Waals surface area contributed by atoms with Gasteiger partial charge < -0.3 is 9.15 Å². The molecule has 9 heteroatoms. The number of fused-ring (bicyclic) bond motifs is 1. The third-order valence-electron chi connectivity index (χ3n) is 4.05. The zero-order valence-corrected chi connectivity index (χ0v) is 18.0. The van der Waals surface area contributed by atoms with E-state index in [1.54, 1.807) is 24.1 Å². The fourth-order valence-electron chi connectivity index (χ4n) is 2.76. The molecule has 0 bridgehead atoms. The molecule has 0 fully saturated rings. The Morgan fingerprint density at radius 2 is 2.10 bits per heavy atom. The fraction of sp³-hybridized carbons (Fsp3) is 0.150. The van der Waals surface area contributed by atoms with Crippen LogP contribution in [0.15, 0.2) is 57.5 Å². The van der Waals surface area contributed by atoms with Crippen LogP contribution in [0.1, 0.15) is 12.6 Å². The number of nitrogens with zero attached hydrogens (tertiary/aromatic N) is 3. The maximum absolute atomic E-state index is 12.3. The molecule has 0 saturated carbocycles. The van der Waals surface area contributed by atoms with Crippen LogP contribution in [-0.2, 0) is 10.5 Å². The van der Waals surface area contributed by atoms with Crippen molar-refractivity contribution in [1.29, 1.82) is 0 Å². The lowest BCUT2D eigenvalue weighted by Crippen LogP contribution is -2.23. The summed E-state index contributed by atoms with van der Waals surface area (Å²) < 4.78 is 11.1. The number of thiazole rings is 1. The minimum atomic E-state index is -0.140. The van der Waals surface area contributed by atoms with Gasteiger partial charge in [-0.15, -0.1) is 11.3 Å². The Morgan fingerprint density at radius 3 is 2.90 bits per heavy atom. The Labute approximate surface area is 180 Å². The van der Waals surface area contributed by atoms with Gasteiger partial charge in [-0.2, -0.15) is 0 Å². The number of rotatable bonds is 6. The molecule has 148 valence electrons. The zero-order valence-electron chi connectivity index (χ0n) is 15.6. The van der Waals surface area contributed by atoms with Crippen molar-refractivity contribution in [2.24, 2.45) is 0 Å². The normalized spacial score (nSPS) is 11.0. The minimum absolute atomic E-state index is 0.140. The smallest absolute Gasteiger partial charge is 0.257 e. The highest BCUT2D eigenvalue weighted by Gasteiger charge is 2.21. The maximum atomic E-state index is 12.3. The van der Waals surface area contributed by atoms with Gasteiger partial charge in [0.05, 0.1) is 18.5 Å². The SMILES string of the molecule is COc1ccccc1N(C(C)=O)c1nc(CSc2nc3ccc(Cl)cc3o2)cs1. The molecule has 4 rings (SSSR count). The minimum Gasteiger partial charge on any atom is -0.495 e. The van der Waals surface area contributed by atoms with Crippen LogP contribution in [-0.4, -0.2) is 23.0 Å². The second kappa shape index (κ2) is 8.44. The van der Waals surface area contributed by atoms with Crippen LogP contribution in [0, 0.1) is 0 Å². The van der Waals surface area contributed by atoms with Crippen molar-refractivity contribution in [2.45, 2.75) is 17.9 Å².